The molecule has 0 aliphatic heterocycles. The number of carbonyl (C=O) groups excluding carboxylic acids is 2. The van der Waals surface area contributed by atoms with Crippen molar-refractivity contribution in [2.45, 2.75) is 11.8 Å². The lowest BCUT2D eigenvalue weighted by Crippen LogP contribution is -2.37. The zero-order valence-electron chi connectivity index (χ0n) is 9.93. The predicted octanol–water partition coefficient (Wildman–Crippen LogP) is 1.18. The van der Waals surface area contributed by atoms with Crippen molar-refractivity contribution in [2.24, 2.45) is 0 Å². The van der Waals surface area contributed by atoms with Crippen LogP contribution >= 0.6 is 12.6 Å². The van der Waals surface area contributed by atoms with Gasteiger partial charge >= 0.3 is 0 Å². The number of rotatable bonds is 4. The van der Waals surface area contributed by atoms with E-state index < -0.39 is 0 Å². The Morgan fingerprint density at radius 2 is 1.88 bits per heavy atom. The van der Waals surface area contributed by atoms with Crippen LogP contribution in [0.15, 0.2) is 29.2 Å². The van der Waals surface area contributed by atoms with E-state index in [1.165, 1.54) is 0 Å². The maximum Gasteiger partial charge on any atom is 0.251 e. The van der Waals surface area contributed by atoms with Crippen molar-refractivity contribution in [3.63, 3.8) is 0 Å². The highest BCUT2D eigenvalue weighted by Crippen LogP contribution is 2.07. The first-order chi connectivity index (χ1) is 8.04. The van der Waals surface area contributed by atoms with Crippen LogP contribution in [0.1, 0.15) is 17.3 Å². The maximum absolute atomic E-state index is 11.7. The fourth-order valence-corrected chi connectivity index (χ4v) is 1.33. The van der Waals surface area contributed by atoms with Gasteiger partial charge < -0.3 is 10.2 Å². The molecule has 0 aliphatic rings. The van der Waals surface area contributed by atoms with Gasteiger partial charge in [-0.3, -0.25) is 9.59 Å². The normalized spacial score (nSPS) is 9.82. The third-order valence-electron chi connectivity index (χ3n) is 2.43. The van der Waals surface area contributed by atoms with Gasteiger partial charge in [0.15, 0.2) is 0 Å². The quantitative estimate of drug-likeness (QED) is 0.791. The molecule has 2 amide bonds. The Bertz CT molecular complexity index is 403. The minimum Gasteiger partial charge on any atom is -0.345 e. The van der Waals surface area contributed by atoms with Gasteiger partial charge in [0.2, 0.25) is 5.91 Å². The monoisotopic (exact) mass is 252 g/mol. The second-order valence-corrected chi connectivity index (χ2v) is 4.15. The molecule has 92 valence electrons. The van der Waals surface area contributed by atoms with Crippen LogP contribution in [0.3, 0.4) is 0 Å². The average molecular weight is 252 g/mol. The van der Waals surface area contributed by atoms with Crippen LogP contribution in [0.25, 0.3) is 0 Å². The van der Waals surface area contributed by atoms with Gasteiger partial charge in [-0.1, -0.05) is 0 Å². The van der Waals surface area contributed by atoms with Gasteiger partial charge in [0.05, 0.1) is 6.54 Å². The smallest absolute Gasteiger partial charge is 0.251 e. The molecule has 1 aromatic carbocycles. The molecule has 0 atom stereocenters. The molecule has 0 heterocycles. The SMILES string of the molecule is CCN(C)C(=O)CNC(=O)c1ccc(S)cc1. The molecular formula is C12H16N2O2S. The highest BCUT2D eigenvalue weighted by atomic mass is 32.1. The highest BCUT2D eigenvalue weighted by molar-refractivity contribution is 7.80. The van der Waals surface area contributed by atoms with Crippen molar-refractivity contribution in [1.82, 2.24) is 10.2 Å². The molecule has 1 rings (SSSR count). The Labute approximate surface area is 106 Å². The molecule has 0 unspecified atom stereocenters. The van der Waals surface area contributed by atoms with Gasteiger partial charge in [-0.15, -0.1) is 12.6 Å². The van der Waals surface area contributed by atoms with Crippen molar-refractivity contribution in [3.8, 4) is 0 Å². The number of nitrogens with one attached hydrogen (secondary N) is 1. The van der Waals surface area contributed by atoms with Crippen LogP contribution in [-0.4, -0.2) is 36.9 Å². The van der Waals surface area contributed by atoms with Crippen molar-refractivity contribution in [1.29, 1.82) is 0 Å². The van der Waals surface area contributed by atoms with Crippen LogP contribution < -0.4 is 5.32 Å². The highest BCUT2D eigenvalue weighted by Gasteiger charge is 2.09. The summed E-state index contributed by atoms with van der Waals surface area (Å²) < 4.78 is 0. The molecule has 0 saturated heterocycles. The van der Waals surface area contributed by atoms with E-state index in [0.717, 1.165) is 4.90 Å². The Morgan fingerprint density at radius 3 is 2.41 bits per heavy atom. The lowest BCUT2D eigenvalue weighted by molar-refractivity contribution is -0.128. The number of amides is 2. The average Bonchev–Trinajstić information content (AvgIpc) is 2.35. The summed E-state index contributed by atoms with van der Waals surface area (Å²) in [5.74, 6) is -0.358. The number of hydrogen-bond donors (Lipinski definition) is 2. The van der Waals surface area contributed by atoms with E-state index in [1.54, 1.807) is 36.2 Å². The van der Waals surface area contributed by atoms with Gasteiger partial charge in [-0.05, 0) is 31.2 Å². The zero-order valence-corrected chi connectivity index (χ0v) is 10.8. The summed E-state index contributed by atoms with van der Waals surface area (Å²) in [4.78, 5) is 25.5. The summed E-state index contributed by atoms with van der Waals surface area (Å²) in [6.07, 6.45) is 0. The first kappa shape index (κ1) is 13.6. The summed E-state index contributed by atoms with van der Waals surface area (Å²) >= 11 is 4.13. The van der Waals surface area contributed by atoms with Crippen LogP contribution in [-0.2, 0) is 4.79 Å². The van der Waals surface area contributed by atoms with E-state index >= 15 is 0 Å². The van der Waals surface area contributed by atoms with Gasteiger partial charge in [0.25, 0.3) is 5.91 Å². The molecule has 0 aromatic heterocycles. The molecule has 0 aliphatic carbocycles. The minimum atomic E-state index is -0.254. The maximum atomic E-state index is 11.7. The van der Waals surface area contributed by atoms with Crippen LogP contribution in [0, 0.1) is 0 Å². The first-order valence-electron chi connectivity index (χ1n) is 5.35. The van der Waals surface area contributed by atoms with Crippen molar-refractivity contribution < 1.29 is 9.59 Å². The molecule has 0 saturated carbocycles. The fraction of sp³-hybridized carbons (Fsp3) is 0.333. The molecule has 17 heavy (non-hydrogen) atoms. The Balaban J connectivity index is 2.50. The molecule has 0 fully saturated rings. The molecule has 0 spiro atoms. The minimum absolute atomic E-state index is 0.0196. The van der Waals surface area contributed by atoms with Crippen molar-refractivity contribution in [2.75, 3.05) is 20.1 Å². The first-order valence-corrected chi connectivity index (χ1v) is 5.80. The van der Waals surface area contributed by atoms with Gasteiger partial charge in [-0.25, -0.2) is 0 Å². The number of benzene rings is 1. The number of likely N-dealkylation sites (N-methyl/N-ethyl adjacent to an activating group) is 1. The van der Waals surface area contributed by atoms with Crippen LogP contribution in [0.2, 0.25) is 0 Å². The van der Waals surface area contributed by atoms with Crippen LogP contribution in [0.4, 0.5) is 0 Å². The summed E-state index contributed by atoms with van der Waals surface area (Å²) in [6.45, 7) is 2.53. The molecule has 1 N–H and O–H groups in total. The standard InChI is InChI=1S/C12H16N2O2S/c1-3-14(2)11(15)8-13-12(16)9-4-6-10(17)7-5-9/h4-7,17H,3,8H2,1-2H3,(H,13,16). The summed E-state index contributed by atoms with van der Waals surface area (Å²) in [5.41, 5.74) is 0.523. The lowest BCUT2D eigenvalue weighted by atomic mass is 10.2. The summed E-state index contributed by atoms with van der Waals surface area (Å²) in [6, 6.07) is 6.81. The van der Waals surface area contributed by atoms with Gasteiger partial charge in [0, 0.05) is 24.1 Å². The second-order valence-electron chi connectivity index (χ2n) is 3.64. The molecular weight excluding hydrogens is 236 g/mol. The molecule has 0 radical (unpaired) electrons. The zero-order chi connectivity index (χ0) is 12.8. The molecule has 5 heteroatoms. The molecule has 1 aromatic rings. The number of carbonyl (C=O) groups is 2. The van der Waals surface area contributed by atoms with E-state index in [2.05, 4.69) is 17.9 Å². The molecule has 4 nitrogen and oxygen atoms in total. The topological polar surface area (TPSA) is 49.4 Å². The second kappa shape index (κ2) is 6.30. The largest absolute Gasteiger partial charge is 0.345 e. The van der Waals surface area contributed by atoms with E-state index in [1.807, 2.05) is 6.92 Å². The molecule has 0 bridgehead atoms. The lowest BCUT2D eigenvalue weighted by Gasteiger charge is -2.14. The van der Waals surface area contributed by atoms with E-state index in [0.29, 0.717) is 12.1 Å². The van der Waals surface area contributed by atoms with Gasteiger partial charge in [0.1, 0.15) is 0 Å². The van der Waals surface area contributed by atoms with Gasteiger partial charge in [-0.2, -0.15) is 0 Å². The van der Waals surface area contributed by atoms with Crippen LogP contribution in [0.5, 0.6) is 0 Å². The van der Waals surface area contributed by atoms with E-state index in [4.69, 9.17) is 0 Å². The summed E-state index contributed by atoms with van der Waals surface area (Å²) in [5, 5.41) is 2.58. The Kier molecular flexibility index (Phi) is 5.03. The third-order valence-corrected chi connectivity index (χ3v) is 2.73. The number of nitrogens with zero attached hydrogens (tertiary/aromatic N) is 1. The Hall–Kier alpha value is -1.49. The third kappa shape index (κ3) is 4.11. The predicted molar refractivity (Wildman–Crippen MR) is 69.3 cm³/mol. The summed E-state index contributed by atoms with van der Waals surface area (Å²) in [7, 11) is 1.70. The van der Waals surface area contributed by atoms with E-state index in [-0.39, 0.29) is 18.4 Å². The number of hydrogen-bond acceptors (Lipinski definition) is 3. The van der Waals surface area contributed by atoms with Crippen molar-refractivity contribution in [3.05, 3.63) is 29.8 Å². The van der Waals surface area contributed by atoms with Crippen molar-refractivity contribution >= 4 is 24.4 Å². The Morgan fingerprint density at radius 1 is 1.29 bits per heavy atom. The fourth-order valence-electron chi connectivity index (χ4n) is 1.18. The van der Waals surface area contributed by atoms with E-state index in [9.17, 15) is 9.59 Å². The number of thiol groups is 1.